The summed E-state index contributed by atoms with van der Waals surface area (Å²) in [5.41, 5.74) is 5.93. The minimum atomic E-state index is -1.35. The van der Waals surface area contributed by atoms with Gasteiger partial charge in [0.2, 0.25) is 0 Å². The van der Waals surface area contributed by atoms with Gasteiger partial charge < -0.3 is 5.11 Å². The monoisotopic (exact) mass is 258 g/mol. The number of hydrogen-bond donors (Lipinski definition) is 1. The van der Waals surface area contributed by atoms with Gasteiger partial charge in [0.15, 0.2) is 0 Å². The van der Waals surface area contributed by atoms with Crippen molar-refractivity contribution < 1.29 is 9.90 Å². The van der Waals surface area contributed by atoms with E-state index in [1.54, 1.807) is 6.92 Å². The molecule has 0 saturated carbocycles. The number of allylic oxidation sites excluding steroid dienone is 1. The summed E-state index contributed by atoms with van der Waals surface area (Å²) in [5, 5.41) is 8.68. The maximum absolute atomic E-state index is 10.6. The van der Waals surface area contributed by atoms with Gasteiger partial charge >= 0.3 is 5.97 Å². The largest absolute Gasteiger partial charge is 0.478 e. The molecule has 0 unspecified atom stereocenters. The van der Waals surface area contributed by atoms with Crippen LogP contribution in [0, 0.1) is 11.5 Å². The molecule has 1 aromatic carbocycles. The number of carboxylic acid groups (broad SMARTS) is 1. The average molecular weight is 258 g/mol. The molecule has 1 N–H and O–H groups in total. The molecular weight excluding hydrogens is 240 g/mol. The molecular formula is C15H18O2Si. The average Bonchev–Trinajstić information content (AvgIpc) is 2.25. The van der Waals surface area contributed by atoms with Crippen LogP contribution in [0.2, 0.25) is 19.6 Å². The third kappa shape index (κ3) is 5.02. The summed E-state index contributed by atoms with van der Waals surface area (Å²) in [6, 6.07) is 7.68. The molecule has 94 valence electrons. The van der Waals surface area contributed by atoms with Crippen molar-refractivity contribution in [1.29, 1.82) is 0 Å². The topological polar surface area (TPSA) is 37.3 Å². The van der Waals surface area contributed by atoms with E-state index in [1.807, 2.05) is 24.3 Å². The Kier molecular flexibility index (Phi) is 4.52. The lowest BCUT2D eigenvalue weighted by atomic mass is 10.1. The Morgan fingerprint density at radius 2 is 1.78 bits per heavy atom. The normalized spacial score (nSPS) is 11.7. The standard InChI is InChI=1S/C15H18O2Si/c1-12(11-15(16)17)14-7-5-13(6-8-14)9-10-18(2,3)4/h5-8,11H,1-4H3,(H,16,17)/b12-11+. The maximum Gasteiger partial charge on any atom is 0.328 e. The summed E-state index contributed by atoms with van der Waals surface area (Å²) >= 11 is 0. The van der Waals surface area contributed by atoms with Crippen molar-refractivity contribution in [2.45, 2.75) is 26.6 Å². The number of rotatable bonds is 2. The predicted octanol–water partition coefficient (Wildman–Crippen LogP) is 3.40. The Hall–Kier alpha value is -1.79. The van der Waals surface area contributed by atoms with Crippen LogP contribution in [0.25, 0.3) is 5.57 Å². The molecule has 0 heterocycles. The van der Waals surface area contributed by atoms with E-state index in [0.29, 0.717) is 0 Å². The van der Waals surface area contributed by atoms with Gasteiger partial charge in [0.1, 0.15) is 8.07 Å². The molecule has 0 radical (unpaired) electrons. The zero-order chi connectivity index (χ0) is 13.8. The molecule has 0 saturated heterocycles. The van der Waals surface area contributed by atoms with Crippen LogP contribution in [-0.4, -0.2) is 19.1 Å². The second-order valence-corrected chi connectivity index (χ2v) is 9.99. The van der Waals surface area contributed by atoms with E-state index in [2.05, 4.69) is 31.1 Å². The van der Waals surface area contributed by atoms with Crippen molar-refractivity contribution in [3.8, 4) is 11.5 Å². The van der Waals surface area contributed by atoms with Gasteiger partial charge in [-0.1, -0.05) is 37.7 Å². The molecule has 0 spiro atoms. The molecule has 0 fully saturated rings. The highest BCUT2D eigenvalue weighted by Crippen LogP contribution is 2.14. The molecule has 1 rings (SSSR count). The maximum atomic E-state index is 10.6. The smallest absolute Gasteiger partial charge is 0.328 e. The van der Waals surface area contributed by atoms with Crippen molar-refractivity contribution in [2.75, 3.05) is 0 Å². The lowest BCUT2D eigenvalue weighted by molar-refractivity contribution is -0.131. The second-order valence-electron chi connectivity index (χ2n) is 5.24. The number of carboxylic acids is 1. The Bertz CT molecular complexity index is 522. The molecule has 0 aliphatic carbocycles. The van der Waals surface area contributed by atoms with Crippen molar-refractivity contribution in [1.82, 2.24) is 0 Å². The zero-order valence-corrected chi connectivity index (χ0v) is 12.2. The molecule has 1 aromatic rings. The van der Waals surface area contributed by atoms with Gasteiger partial charge in [-0.2, -0.15) is 0 Å². The highest BCUT2D eigenvalue weighted by molar-refractivity contribution is 6.83. The second kappa shape index (κ2) is 5.70. The van der Waals surface area contributed by atoms with Crippen molar-refractivity contribution in [3.63, 3.8) is 0 Å². The minimum Gasteiger partial charge on any atom is -0.478 e. The minimum absolute atomic E-state index is 0.743. The lowest BCUT2D eigenvalue weighted by Crippen LogP contribution is -2.16. The summed E-state index contributed by atoms with van der Waals surface area (Å²) in [5.74, 6) is 2.25. The highest BCUT2D eigenvalue weighted by Gasteiger charge is 2.07. The number of hydrogen-bond acceptors (Lipinski definition) is 1. The first-order valence-corrected chi connectivity index (χ1v) is 9.33. The van der Waals surface area contributed by atoms with Gasteiger partial charge in [0, 0.05) is 11.6 Å². The van der Waals surface area contributed by atoms with Crippen LogP contribution in [0.3, 0.4) is 0 Å². The predicted molar refractivity (Wildman–Crippen MR) is 78.0 cm³/mol. The quantitative estimate of drug-likeness (QED) is 0.501. The summed E-state index contributed by atoms with van der Waals surface area (Å²) in [6.07, 6.45) is 1.21. The van der Waals surface area contributed by atoms with E-state index < -0.39 is 14.0 Å². The molecule has 0 atom stereocenters. The Morgan fingerprint density at radius 3 is 2.22 bits per heavy atom. The Morgan fingerprint density at radius 1 is 1.22 bits per heavy atom. The van der Waals surface area contributed by atoms with E-state index in [0.717, 1.165) is 16.7 Å². The summed E-state index contributed by atoms with van der Waals surface area (Å²) in [4.78, 5) is 10.6. The first kappa shape index (κ1) is 14.3. The molecule has 2 nitrogen and oxygen atoms in total. The van der Waals surface area contributed by atoms with E-state index in [-0.39, 0.29) is 0 Å². The van der Waals surface area contributed by atoms with Crippen LogP contribution in [0.1, 0.15) is 18.1 Å². The van der Waals surface area contributed by atoms with Crippen LogP contribution in [0.5, 0.6) is 0 Å². The van der Waals surface area contributed by atoms with Crippen molar-refractivity contribution in [3.05, 3.63) is 41.5 Å². The summed E-state index contributed by atoms with van der Waals surface area (Å²) < 4.78 is 0. The van der Waals surface area contributed by atoms with Gasteiger partial charge in [0.25, 0.3) is 0 Å². The Labute approximate surface area is 109 Å². The van der Waals surface area contributed by atoms with Gasteiger partial charge in [-0.3, -0.25) is 0 Å². The van der Waals surface area contributed by atoms with Crippen LogP contribution in [0.15, 0.2) is 30.3 Å². The Balaban J connectivity index is 2.93. The van der Waals surface area contributed by atoms with Crippen molar-refractivity contribution >= 4 is 19.6 Å². The molecule has 3 heteroatoms. The lowest BCUT2D eigenvalue weighted by Gasteiger charge is -2.04. The third-order valence-electron chi connectivity index (χ3n) is 2.26. The zero-order valence-electron chi connectivity index (χ0n) is 11.2. The molecule has 0 aliphatic heterocycles. The summed E-state index contributed by atoms with van der Waals surface area (Å²) in [6.45, 7) is 8.40. The van der Waals surface area contributed by atoms with Crippen LogP contribution in [0.4, 0.5) is 0 Å². The number of aliphatic carboxylic acids is 1. The molecule has 0 bridgehead atoms. The van der Waals surface area contributed by atoms with Gasteiger partial charge in [-0.25, -0.2) is 4.79 Å². The van der Waals surface area contributed by atoms with Crippen LogP contribution >= 0.6 is 0 Å². The van der Waals surface area contributed by atoms with E-state index in [9.17, 15) is 4.79 Å². The van der Waals surface area contributed by atoms with Gasteiger partial charge in [-0.05, 0) is 30.2 Å². The first-order valence-electron chi connectivity index (χ1n) is 5.83. The third-order valence-corrected chi connectivity index (χ3v) is 3.14. The van der Waals surface area contributed by atoms with Crippen LogP contribution in [-0.2, 0) is 4.79 Å². The molecule has 18 heavy (non-hydrogen) atoms. The fourth-order valence-corrected chi connectivity index (χ4v) is 1.86. The van der Waals surface area contributed by atoms with E-state index in [4.69, 9.17) is 5.11 Å². The highest BCUT2D eigenvalue weighted by atomic mass is 28.3. The fourth-order valence-electron chi connectivity index (χ4n) is 1.34. The fraction of sp³-hybridized carbons (Fsp3) is 0.267. The molecule has 0 aliphatic rings. The number of benzene rings is 1. The molecule has 0 amide bonds. The number of carbonyl (C=O) groups is 1. The SMILES string of the molecule is C/C(=C\C(=O)O)c1ccc(C#C[Si](C)(C)C)cc1. The molecule has 0 aromatic heterocycles. The van der Waals surface area contributed by atoms with Gasteiger partial charge in [0.05, 0.1) is 0 Å². The van der Waals surface area contributed by atoms with E-state index in [1.165, 1.54) is 6.08 Å². The summed E-state index contributed by atoms with van der Waals surface area (Å²) in [7, 11) is -1.35. The van der Waals surface area contributed by atoms with Crippen molar-refractivity contribution in [2.24, 2.45) is 0 Å². The van der Waals surface area contributed by atoms with Crippen LogP contribution < -0.4 is 0 Å². The van der Waals surface area contributed by atoms with Gasteiger partial charge in [-0.15, -0.1) is 5.54 Å². The van der Waals surface area contributed by atoms with E-state index >= 15 is 0 Å². The first-order chi connectivity index (χ1) is 8.28.